The van der Waals surface area contributed by atoms with Gasteiger partial charge in [-0.25, -0.2) is 0 Å². The van der Waals surface area contributed by atoms with Gasteiger partial charge in [0.1, 0.15) is 12.1 Å². The molecule has 6 nitrogen and oxygen atoms in total. The van der Waals surface area contributed by atoms with Crippen LogP contribution in [0.4, 0.5) is 0 Å². The number of hydrogen-bond donors (Lipinski definition) is 3. The lowest BCUT2D eigenvalue weighted by molar-refractivity contribution is -0.131. The van der Waals surface area contributed by atoms with Crippen LogP contribution in [0.1, 0.15) is 32.3 Å². The molecule has 23 heavy (non-hydrogen) atoms. The van der Waals surface area contributed by atoms with Gasteiger partial charge < -0.3 is 16.0 Å². The Morgan fingerprint density at radius 2 is 1.65 bits per heavy atom. The van der Waals surface area contributed by atoms with Crippen LogP contribution < -0.4 is 16.0 Å². The first-order valence-electron chi connectivity index (χ1n) is 7.80. The van der Waals surface area contributed by atoms with Crippen LogP contribution in [0.25, 0.3) is 0 Å². The molecule has 0 radical (unpaired) electrons. The predicted molar refractivity (Wildman–Crippen MR) is 88.7 cm³/mol. The van der Waals surface area contributed by atoms with Crippen molar-refractivity contribution in [1.29, 1.82) is 0 Å². The van der Waals surface area contributed by atoms with E-state index in [4.69, 9.17) is 0 Å². The summed E-state index contributed by atoms with van der Waals surface area (Å²) in [7, 11) is 1.53. The van der Waals surface area contributed by atoms with Crippen LogP contribution in [0, 0.1) is 0 Å². The molecule has 1 rings (SSSR count). The predicted octanol–water partition coefficient (Wildman–Crippen LogP) is 0.765. The smallest absolute Gasteiger partial charge is 0.243 e. The highest BCUT2D eigenvalue weighted by Gasteiger charge is 2.25. The molecule has 126 valence electrons. The average molecular weight is 319 g/mol. The van der Waals surface area contributed by atoms with Crippen molar-refractivity contribution < 1.29 is 14.4 Å². The Balaban J connectivity index is 2.81. The van der Waals surface area contributed by atoms with Gasteiger partial charge >= 0.3 is 0 Å². The molecule has 6 heteroatoms. The minimum atomic E-state index is -0.709. The fourth-order valence-corrected chi connectivity index (χ4v) is 2.31. The highest BCUT2D eigenvalue weighted by atomic mass is 16.2. The zero-order valence-corrected chi connectivity index (χ0v) is 13.9. The second kappa shape index (κ2) is 9.61. The molecule has 0 saturated heterocycles. The zero-order chi connectivity index (χ0) is 17.2. The minimum Gasteiger partial charge on any atom is -0.357 e. The quantitative estimate of drug-likeness (QED) is 0.661. The molecule has 0 aromatic heterocycles. The van der Waals surface area contributed by atoms with Crippen molar-refractivity contribution in [2.75, 3.05) is 7.05 Å². The van der Waals surface area contributed by atoms with Crippen LogP contribution in [0.2, 0.25) is 0 Å². The molecule has 0 spiro atoms. The van der Waals surface area contributed by atoms with E-state index < -0.39 is 12.1 Å². The van der Waals surface area contributed by atoms with Crippen LogP contribution in [0.3, 0.4) is 0 Å². The minimum absolute atomic E-state index is 0.235. The van der Waals surface area contributed by atoms with Gasteiger partial charge in [-0.2, -0.15) is 0 Å². The van der Waals surface area contributed by atoms with Crippen molar-refractivity contribution >= 4 is 17.7 Å². The Labute approximate surface area is 137 Å². The second-order valence-corrected chi connectivity index (χ2v) is 5.41. The third-order valence-electron chi connectivity index (χ3n) is 3.43. The van der Waals surface area contributed by atoms with Gasteiger partial charge in [0.15, 0.2) is 0 Å². The maximum Gasteiger partial charge on any atom is 0.243 e. The highest BCUT2D eigenvalue weighted by molar-refractivity contribution is 5.91. The topological polar surface area (TPSA) is 87.3 Å². The molecule has 2 atom stereocenters. The molecular formula is C17H25N3O3. The van der Waals surface area contributed by atoms with E-state index in [9.17, 15) is 14.4 Å². The van der Waals surface area contributed by atoms with E-state index in [0.29, 0.717) is 12.8 Å². The molecule has 0 aliphatic heterocycles. The van der Waals surface area contributed by atoms with Crippen molar-refractivity contribution in [3.8, 4) is 0 Å². The van der Waals surface area contributed by atoms with Crippen molar-refractivity contribution in [2.45, 2.75) is 45.2 Å². The number of nitrogens with one attached hydrogen (secondary N) is 3. The summed E-state index contributed by atoms with van der Waals surface area (Å²) in [6, 6.07) is 8.13. The Morgan fingerprint density at radius 1 is 1.00 bits per heavy atom. The molecule has 0 saturated carbocycles. The van der Waals surface area contributed by atoms with E-state index in [1.807, 2.05) is 37.3 Å². The molecular weight excluding hydrogens is 294 g/mol. The maximum absolute atomic E-state index is 12.5. The molecule has 1 aromatic rings. The summed E-state index contributed by atoms with van der Waals surface area (Å²) in [6.07, 6.45) is 1.68. The molecule has 0 aliphatic carbocycles. The maximum atomic E-state index is 12.5. The lowest BCUT2D eigenvalue weighted by Crippen LogP contribution is -2.53. The third kappa shape index (κ3) is 6.50. The summed E-state index contributed by atoms with van der Waals surface area (Å²) in [6.45, 7) is 3.31. The van der Waals surface area contributed by atoms with Crippen LogP contribution in [0.15, 0.2) is 30.3 Å². The second-order valence-electron chi connectivity index (χ2n) is 5.41. The molecule has 3 N–H and O–H groups in total. The van der Waals surface area contributed by atoms with Crippen LogP contribution >= 0.6 is 0 Å². The van der Waals surface area contributed by atoms with E-state index in [2.05, 4.69) is 16.0 Å². The highest BCUT2D eigenvalue weighted by Crippen LogP contribution is 2.05. The van der Waals surface area contributed by atoms with E-state index in [1.165, 1.54) is 14.0 Å². The average Bonchev–Trinajstić information content (AvgIpc) is 2.53. The number of carbonyl (C=O) groups excluding carboxylic acids is 3. The van der Waals surface area contributed by atoms with Gasteiger partial charge in [0.05, 0.1) is 0 Å². The SMILES string of the molecule is CCCC(NC(=O)C(Cc1ccccc1)NC(C)=O)C(=O)NC. The lowest BCUT2D eigenvalue weighted by Gasteiger charge is -2.22. The van der Waals surface area contributed by atoms with E-state index in [1.54, 1.807) is 0 Å². The van der Waals surface area contributed by atoms with E-state index in [-0.39, 0.29) is 17.7 Å². The first-order chi connectivity index (χ1) is 11.0. The number of hydrogen-bond acceptors (Lipinski definition) is 3. The summed E-state index contributed by atoms with van der Waals surface area (Å²) in [4.78, 5) is 35.7. The van der Waals surface area contributed by atoms with E-state index >= 15 is 0 Å². The lowest BCUT2D eigenvalue weighted by atomic mass is 10.0. The van der Waals surface area contributed by atoms with Crippen LogP contribution in [-0.4, -0.2) is 36.9 Å². The molecule has 0 aliphatic rings. The first-order valence-corrected chi connectivity index (χ1v) is 7.80. The molecule has 1 aromatic carbocycles. The summed E-state index contributed by atoms with van der Waals surface area (Å²) < 4.78 is 0. The van der Waals surface area contributed by atoms with Crippen molar-refractivity contribution in [1.82, 2.24) is 16.0 Å². The van der Waals surface area contributed by atoms with Crippen LogP contribution in [0.5, 0.6) is 0 Å². The zero-order valence-electron chi connectivity index (χ0n) is 13.9. The number of carbonyl (C=O) groups is 3. The molecule has 0 heterocycles. The van der Waals surface area contributed by atoms with Gasteiger partial charge in [-0.1, -0.05) is 43.7 Å². The molecule has 2 unspecified atom stereocenters. The number of amides is 3. The molecule has 0 bridgehead atoms. The number of benzene rings is 1. The monoisotopic (exact) mass is 319 g/mol. The standard InChI is InChI=1S/C17H25N3O3/c1-4-8-14(16(22)18-3)20-17(23)15(19-12(2)21)11-13-9-6-5-7-10-13/h5-7,9-10,14-15H,4,8,11H2,1-3H3,(H,18,22)(H,19,21)(H,20,23). The van der Waals surface area contributed by atoms with Crippen LogP contribution in [-0.2, 0) is 20.8 Å². The largest absolute Gasteiger partial charge is 0.357 e. The Morgan fingerprint density at radius 3 is 2.17 bits per heavy atom. The summed E-state index contributed by atoms with van der Waals surface area (Å²) in [5, 5.41) is 7.92. The van der Waals surface area contributed by atoms with Gasteiger partial charge in [-0.15, -0.1) is 0 Å². The van der Waals surface area contributed by atoms with Gasteiger partial charge in [0.2, 0.25) is 17.7 Å². The van der Waals surface area contributed by atoms with Gasteiger partial charge in [-0.3, -0.25) is 14.4 Å². The third-order valence-corrected chi connectivity index (χ3v) is 3.43. The van der Waals surface area contributed by atoms with Crippen molar-refractivity contribution in [3.63, 3.8) is 0 Å². The summed E-state index contributed by atoms with van der Waals surface area (Å²) in [5.41, 5.74) is 0.938. The molecule has 0 fully saturated rings. The van der Waals surface area contributed by atoms with Crippen molar-refractivity contribution in [2.24, 2.45) is 0 Å². The van der Waals surface area contributed by atoms with Gasteiger partial charge in [0, 0.05) is 20.4 Å². The van der Waals surface area contributed by atoms with Crippen molar-refractivity contribution in [3.05, 3.63) is 35.9 Å². The summed E-state index contributed by atoms with van der Waals surface area (Å²) >= 11 is 0. The Hall–Kier alpha value is -2.37. The Bertz CT molecular complexity index is 531. The van der Waals surface area contributed by atoms with E-state index in [0.717, 1.165) is 12.0 Å². The summed E-state index contributed by atoms with van der Waals surface area (Å²) in [5.74, 6) is -0.874. The first kappa shape index (κ1) is 18.7. The van der Waals surface area contributed by atoms with Gasteiger partial charge in [-0.05, 0) is 12.0 Å². The fraction of sp³-hybridized carbons (Fsp3) is 0.471. The molecule has 3 amide bonds. The van der Waals surface area contributed by atoms with Gasteiger partial charge in [0.25, 0.3) is 0 Å². The normalized spacial score (nSPS) is 12.8. The Kier molecular flexibility index (Phi) is 7.80. The number of rotatable bonds is 8. The number of likely N-dealkylation sites (N-methyl/N-ethyl adjacent to an activating group) is 1. The fourth-order valence-electron chi connectivity index (χ4n) is 2.31.